The van der Waals surface area contributed by atoms with E-state index in [-0.39, 0.29) is 54.9 Å². The molecule has 1 aromatic heterocycles. The minimum atomic E-state index is -4.01. The lowest BCUT2D eigenvalue weighted by Crippen LogP contribution is -2.50. The smallest absolute Gasteiger partial charge is 0.374 e. The first-order valence-electron chi connectivity index (χ1n) is 9.66. The molecule has 0 spiro atoms. The van der Waals surface area contributed by atoms with Gasteiger partial charge in [0.25, 0.3) is 15.9 Å². The third kappa shape index (κ3) is 5.29. The number of carbonyl (C=O) groups excluding carboxylic acids is 2. The molecule has 1 aliphatic rings. The summed E-state index contributed by atoms with van der Waals surface area (Å²) < 4.78 is 62.3. The van der Waals surface area contributed by atoms with E-state index in [9.17, 15) is 26.4 Å². The van der Waals surface area contributed by atoms with E-state index in [0.29, 0.717) is 0 Å². The van der Waals surface area contributed by atoms with Crippen LogP contribution in [0.1, 0.15) is 27.8 Å². The first-order valence-corrected chi connectivity index (χ1v) is 13.0. The summed E-state index contributed by atoms with van der Waals surface area (Å²) >= 11 is 0. The summed E-state index contributed by atoms with van der Waals surface area (Å²) in [4.78, 5) is 26.1. The number of sulfonamides is 2. The number of piperazine rings is 1. The third-order valence-electron chi connectivity index (χ3n) is 4.63. The highest BCUT2D eigenvalue weighted by atomic mass is 32.2. The molecule has 1 N–H and O–H groups in total. The maximum atomic E-state index is 12.9. The Bertz CT molecular complexity index is 1210. The minimum absolute atomic E-state index is 0.00514. The van der Waals surface area contributed by atoms with Gasteiger partial charge in [-0.05, 0) is 31.2 Å². The van der Waals surface area contributed by atoms with Crippen molar-refractivity contribution in [1.82, 2.24) is 9.21 Å². The number of nitrogens with one attached hydrogen (secondary N) is 1. The van der Waals surface area contributed by atoms with E-state index in [1.807, 2.05) is 0 Å². The molecular formula is C19H23N3O8S2. The second kappa shape index (κ2) is 9.30. The molecule has 13 heteroatoms. The fraction of sp³-hybridized carbons (Fsp3) is 0.368. The van der Waals surface area contributed by atoms with E-state index in [2.05, 4.69) is 4.72 Å². The van der Waals surface area contributed by atoms with E-state index in [4.69, 9.17) is 9.15 Å². The molecule has 0 atom stereocenters. The van der Waals surface area contributed by atoms with Gasteiger partial charge in [0.2, 0.25) is 20.9 Å². The number of nitrogens with zero attached hydrogens (tertiary/aromatic N) is 2. The molecule has 2 heterocycles. The van der Waals surface area contributed by atoms with Crippen molar-refractivity contribution in [2.45, 2.75) is 12.0 Å². The van der Waals surface area contributed by atoms with Gasteiger partial charge in [0, 0.05) is 26.2 Å². The molecule has 174 valence electrons. The summed E-state index contributed by atoms with van der Waals surface area (Å²) in [6.45, 7) is 1.94. The van der Waals surface area contributed by atoms with Gasteiger partial charge >= 0.3 is 5.97 Å². The maximum absolute atomic E-state index is 12.9. The van der Waals surface area contributed by atoms with Crippen LogP contribution in [-0.4, -0.2) is 77.0 Å². The normalized spacial score (nSPS) is 15.4. The second-order valence-corrected chi connectivity index (χ2v) is 10.6. The molecule has 3 rings (SSSR count). The number of ether oxygens (including phenoxy) is 1. The molecule has 1 saturated heterocycles. The van der Waals surface area contributed by atoms with Crippen LogP contribution in [0.4, 0.5) is 5.69 Å². The molecule has 2 aromatic rings. The number of para-hydroxylation sites is 1. The van der Waals surface area contributed by atoms with Gasteiger partial charge in [-0.2, -0.15) is 4.31 Å². The zero-order valence-electron chi connectivity index (χ0n) is 17.5. The predicted molar refractivity (Wildman–Crippen MR) is 114 cm³/mol. The summed E-state index contributed by atoms with van der Waals surface area (Å²) in [5, 5.41) is -0.386. The molecular weight excluding hydrogens is 462 g/mol. The van der Waals surface area contributed by atoms with Gasteiger partial charge in [-0.1, -0.05) is 12.1 Å². The van der Waals surface area contributed by atoms with Crippen LogP contribution in [0.15, 0.2) is 45.9 Å². The van der Waals surface area contributed by atoms with Crippen molar-refractivity contribution in [3.05, 3.63) is 47.7 Å². The zero-order chi connectivity index (χ0) is 23.5. The fourth-order valence-electron chi connectivity index (χ4n) is 3.16. The number of hydrogen-bond acceptors (Lipinski definition) is 8. The highest BCUT2D eigenvalue weighted by molar-refractivity contribution is 7.92. The van der Waals surface area contributed by atoms with Crippen molar-refractivity contribution in [3.63, 3.8) is 0 Å². The molecule has 11 nitrogen and oxygen atoms in total. The molecule has 1 aliphatic heterocycles. The van der Waals surface area contributed by atoms with Crippen molar-refractivity contribution < 1.29 is 35.6 Å². The van der Waals surface area contributed by atoms with Gasteiger partial charge in [0.05, 0.1) is 24.1 Å². The highest BCUT2D eigenvalue weighted by Gasteiger charge is 2.33. The first kappa shape index (κ1) is 23.8. The monoisotopic (exact) mass is 485 g/mol. The average Bonchev–Trinajstić information content (AvgIpc) is 3.24. The zero-order valence-corrected chi connectivity index (χ0v) is 19.1. The lowest BCUT2D eigenvalue weighted by Gasteiger charge is -2.33. The Morgan fingerprint density at radius 1 is 1.03 bits per heavy atom. The SMILES string of the molecule is CCOC(=O)c1ccc(S(=O)(=O)N2CCN(C(=O)c3ccccc3NS(C)(=O)=O)CC2)o1. The molecule has 1 fully saturated rings. The van der Waals surface area contributed by atoms with Crippen LogP contribution in [0, 0.1) is 0 Å². The number of benzene rings is 1. The molecule has 0 bridgehead atoms. The van der Waals surface area contributed by atoms with E-state index >= 15 is 0 Å². The maximum Gasteiger partial charge on any atom is 0.374 e. The fourth-order valence-corrected chi connectivity index (χ4v) is 5.07. The van der Waals surface area contributed by atoms with Gasteiger partial charge in [-0.25, -0.2) is 21.6 Å². The molecule has 0 aliphatic carbocycles. The molecule has 1 aromatic carbocycles. The van der Waals surface area contributed by atoms with Crippen molar-refractivity contribution in [3.8, 4) is 0 Å². The topological polar surface area (TPSA) is 143 Å². The number of furan rings is 1. The number of amides is 1. The number of anilines is 1. The summed E-state index contributed by atoms with van der Waals surface area (Å²) in [5.74, 6) is -1.39. The van der Waals surface area contributed by atoms with Gasteiger partial charge in [-0.3, -0.25) is 9.52 Å². The standard InChI is InChI=1S/C19H23N3O8S2/c1-3-29-19(24)16-8-9-17(30-16)32(27,28)22-12-10-21(11-13-22)18(23)14-6-4-5-7-15(14)20-31(2,25)26/h4-9,20H,3,10-13H2,1-2H3. The van der Waals surface area contributed by atoms with Crippen molar-refractivity contribution >= 4 is 37.6 Å². The lowest BCUT2D eigenvalue weighted by atomic mass is 10.1. The summed E-state index contributed by atoms with van der Waals surface area (Å²) in [6.07, 6.45) is 0.986. The first-order chi connectivity index (χ1) is 15.0. The second-order valence-electron chi connectivity index (χ2n) is 6.96. The Labute approximate surface area is 186 Å². The lowest BCUT2D eigenvalue weighted by molar-refractivity contribution is 0.0483. The van der Waals surface area contributed by atoms with Gasteiger partial charge in [0.1, 0.15) is 0 Å². The highest BCUT2D eigenvalue weighted by Crippen LogP contribution is 2.23. The van der Waals surface area contributed by atoms with Crippen LogP contribution in [-0.2, 0) is 24.8 Å². The Morgan fingerprint density at radius 3 is 2.31 bits per heavy atom. The molecule has 0 saturated carbocycles. The van der Waals surface area contributed by atoms with Crippen molar-refractivity contribution in [2.75, 3.05) is 43.8 Å². The molecule has 0 unspecified atom stereocenters. The number of esters is 1. The quantitative estimate of drug-likeness (QED) is 0.572. The van der Waals surface area contributed by atoms with Crippen molar-refractivity contribution in [2.24, 2.45) is 0 Å². The van der Waals surface area contributed by atoms with Crippen LogP contribution in [0.2, 0.25) is 0 Å². The predicted octanol–water partition coefficient (Wildman–Crippen LogP) is 0.975. The number of hydrogen-bond donors (Lipinski definition) is 1. The van der Waals surface area contributed by atoms with E-state index in [1.165, 1.54) is 29.2 Å². The summed E-state index contributed by atoms with van der Waals surface area (Å²) in [7, 11) is -7.59. The van der Waals surface area contributed by atoms with Crippen LogP contribution in [0.25, 0.3) is 0 Å². The Hall–Kier alpha value is -2.90. The summed E-state index contributed by atoms with van der Waals surface area (Å²) in [5.41, 5.74) is 0.316. The van der Waals surface area contributed by atoms with Crippen molar-refractivity contribution in [1.29, 1.82) is 0 Å². The van der Waals surface area contributed by atoms with Gasteiger partial charge in [0.15, 0.2) is 0 Å². The minimum Gasteiger partial charge on any atom is -0.460 e. The van der Waals surface area contributed by atoms with Crippen LogP contribution in [0.3, 0.4) is 0 Å². The molecule has 1 amide bonds. The Morgan fingerprint density at radius 2 is 1.69 bits per heavy atom. The molecule has 0 radical (unpaired) electrons. The molecule has 32 heavy (non-hydrogen) atoms. The summed E-state index contributed by atoms with van der Waals surface area (Å²) in [6, 6.07) is 8.61. The van der Waals surface area contributed by atoms with E-state index in [0.717, 1.165) is 10.6 Å². The number of carbonyl (C=O) groups is 2. The largest absolute Gasteiger partial charge is 0.460 e. The van der Waals surface area contributed by atoms with Crippen LogP contribution in [0.5, 0.6) is 0 Å². The van der Waals surface area contributed by atoms with Crippen LogP contribution >= 0.6 is 0 Å². The van der Waals surface area contributed by atoms with Gasteiger partial charge < -0.3 is 14.1 Å². The number of rotatable bonds is 7. The Kier molecular flexibility index (Phi) is 6.91. The van der Waals surface area contributed by atoms with E-state index in [1.54, 1.807) is 19.1 Å². The average molecular weight is 486 g/mol. The van der Waals surface area contributed by atoms with Crippen LogP contribution < -0.4 is 4.72 Å². The van der Waals surface area contributed by atoms with Gasteiger partial charge in [-0.15, -0.1) is 0 Å². The Balaban J connectivity index is 1.70. The third-order valence-corrected chi connectivity index (χ3v) is 6.99. The van der Waals surface area contributed by atoms with E-state index < -0.39 is 31.9 Å².